The fourth-order valence-electron chi connectivity index (χ4n) is 1.93. The second kappa shape index (κ2) is 8.13. The van der Waals surface area contributed by atoms with Crippen LogP contribution < -0.4 is 11.3 Å². The van der Waals surface area contributed by atoms with Crippen molar-refractivity contribution in [3.05, 3.63) is 69.9 Å². The van der Waals surface area contributed by atoms with Gasteiger partial charge >= 0.3 is 0 Å². The van der Waals surface area contributed by atoms with E-state index in [1.807, 2.05) is 24.3 Å². The summed E-state index contributed by atoms with van der Waals surface area (Å²) in [6.45, 7) is 0. The molecule has 0 aliphatic rings. The molecule has 0 aliphatic heterocycles. The average molecular weight is 421 g/mol. The Labute approximate surface area is 156 Å². The van der Waals surface area contributed by atoms with Gasteiger partial charge in [-0.05, 0) is 35.4 Å². The minimum Gasteiger partial charge on any atom is -0.334 e. The van der Waals surface area contributed by atoms with Gasteiger partial charge in [0, 0.05) is 10.2 Å². The predicted octanol–water partition coefficient (Wildman–Crippen LogP) is 3.63. The Balaban J connectivity index is 1.60. The third-order valence-corrected chi connectivity index (χ3v) is 4.68. The average Bonchev–Trinajstić information content (AvgIpc) is 2.95. The maximum absolute atomic E-state index is 12.9. The number of hydrogen-bond acceptors (Lipinski definition) is 6. The van der Waals surface area contributed by atoms with Gasteiger partial charge in [-0.1, -0.05) is 52.0 Å². The van der Waals surface area contributed by atoms with Crippen LogP contribution >= 0.6 is 27.7 Å². The van der Waals surface area contributed by atoms with Gasteiger partial charge in [0.05, 0.1) is 6.21 Å². The van der Waals surface area contributed by atoms with E-state index in [9.17, 15) is 4.39 Å². The van der Waals surface area contributed by atoms with Crippen molar-refractivity contribution in [2.75, 3.05) is 11.3 Å². The van der Waals surface area contributed by atoms with Crippen LogP contribution in [-0.4, -0.2) is 21.1 Å². The molecule has 0 unspecified atom stereocenters. The van der Waals surface area contributed by atoms with E-state index < -0.39 is 0 Å². The number of rotatable bonds is 6. The summed E-state index contributed by atoms with van der Waals surface area (Å²) in [5, 5.41) is 12.6. The topological polar surface area (TPSA) is 81.1 Å². The summed E-state index contributed by atoms with van der Waals surface area (Å²) in [6.07, 6.45) is 1.66. The first kappa shape index (κ1) is 17.4. The Morgan fingerprint density at radius 1 is 1.24 bits per heavy atom. The Hall–Kier alpha value is -2.39. The van der Waals surface area contributed by atoms with Crippen molar-refractivity contribution in [2.45, 2.75) is 10.9 Å². The molecule has 0 spiro atoms. The molecule has 128 valence electrons. The van der Waals surface area contributed by atoms with E-state index in [0.29, 0.717) is 16.9 Å². The second-order valence-electron chi connectivity index (χ2n) is 5.02. The van der Waals surface area contributed by atoms with Gasteiger partial charge in [0.1, 0.15) is 5.82 Å². The van der Waals surface area contributed by atoms with E-state index in [0.717, 1.165) is 15.6 Å². The fraction of sp³-hybridized carbons (Fsp3) is 0.0625. The summed E-state index contributed by atoms with van der Waals surface area (Å²) < 4.78 is 15.2. The summed E-state index contributed by atoms with van der Waals surface area (Å²) in [5.41, 5.74) is 4.66. The quantitative estimate of drug-likeness (QED) is 0.275. The third kappa shape index (κ3) is 4.80. The molecule has 0 saturated carbocycles. The number of hydrogen-bond donors (Lipinski definition) is 2. The first-order valence-electron chi connectivity index (χ1n) is 7.24. The molecule has 3 N–H and O–H groups in total. The number of anilines is 1. The van der Waals surface area contributed by atoms with Gasteiger partial charge in [0.2, 0.25) is 5.16 Å². The number of nitrogens with one attached hydrogen (secondary N) is 1. The molecule has 0 atom stereocenters. The summed E-state index contributed by atoms with van der Waals surface area (Å²) in [4.78, 5) is 0. The van der Waals surface area contributed by atoms with Crippen molar-refractivity contribution in [2.24, 2.45) is 5.10 Å². The van der Waals surface area contributed by atoms with Crippen molar-refractivity contribution in [1.29, 1.82) is 0 Å². The number of thioether (sulfide) groups is 1. The van der Waals surface area contributed by atoms with E-state index in [-0.39, 0.29) is 5.82 Å². The zero-order chi connectivity index (χ0) is 17.6. The molecule has 0 amide bonds. The maximum atomic E-state index is 12.9. The van der Waals surface area contributed by atoms with Gasteiger partial charge < -0.3 is 5.84 Å². The van der Waals surface area contributed by atoms with Crippen molar-refractivity contribution in [1.82, 2.24) is 14.9 Å². The number of nitrogens with zero attached hydrogens (tertiary/aromatic N) is 4. The zero-order valence-electron chi connectivity index (χ0n) is 12.9. The van der Waals surface area contributed by atoms with Gasteiger partial charge in [-0.2, -0.15) is 5.10 Å². The zero-order valence-corrected chi connectivity index (χ0v) is 15.3. The Kier molecular flexibility index (Phi) is 5.67. The van der Waals surface area contributed by atoms with E-state index in [2.05, 4.69) is 36.7 Å². The molecule has 3 rings (SSSR count). The highest BCUT2D eigenvalue weighted by Crippen LogP contribution is 2.21. The van der Waals surface area contributed by atoms with E-state index >= 15 is 0 Å². The molecular weight excluding hydrogens is 407 g/mol. The largest absolute Gasteiger partial charge is 0.334 e. The lowest BCUT2D eigenvalue weighted by Crippen LogP contribution is -2.13. The number of aromatic nitrogens is 3. The highest BCUT2D eigenvalue weighted by Gasteiger charge is 2.09. The molecule has 9 heteroatoms. The lowest BCUT2D eigenvalue weighted by atomic mass is 10.2. The molecule has 0 fully saturated rings. The molecule has 0 radical (unpaired) electrons. The first-order valence-corrected chi connectivity index (χ1v) is 9.02. The van der Waals surface area contributed by atoms with Crippen LogP contribution in [0.25, 0.3) is 0 Å². The van der Waals surface area contributed by atoms with Crippen molar-refractivity contribution in [3.63, 3.8) is 0 Å². The Morgan fingerprint density at radius 2 is 2.04 bits per heavy atom. The number of nitrogen functional groups attached to an aromatic ring is 1. The van der Waals surface area contributed by atoms with Crippen molar-refractivity contribution >= 4 is 39.9 Å². The molecule has 0 bridgehead atoms. The molecular formula is C16H14BrFN6S. The number of hydrazone groups is 1. The van der Waals surface area contributed by atoms with Crippen LogP contribution in [-0.2, 0) is 5.75 Å². The summed E-state index contributed by atoms with van der Waals surface area (Å²) in [6, 6.07) is 14.0. The van der Waals surface area contributed by atoms with E-state index in [1.165, 1.54) is 28.6 Å². The van der Waals surface area contributed by atoms with Crippen LogP contribution in [0.1, 0.15) is 11.1 Å². The monoisotopic (exact) mass is 420 g/mol. The normalized spacial score (nSPS) is 11.1. The standard InChI is InChI=1S/C16H14BrFN6S/c17-13-3-1-2-12(8-13)9-20-21-15-22-23-16(24(15)19)25-10-11-4-6-14(18)7-5-11/h1-9H,10,19H2,(H,21,22)/b20-9+. The lowest BCUT2D eigenvalue weighted by Gasteiger charge is -2.03. The van der Waals surface area contributed by atoms with Crippen LogP contribution in [0.15, 0.2) is 63.3 Å². The lowest BCUT2D eigenvalue weighted by molar-refractivity contribution is 0.627. The summed E-state index contributed by atoms with van der Waals surface area (Å²) in [7, 11) is 0. The smallest absolute Gasteiger partial charge is 0.264 e. The minimum absolute atomic E-state index is 0.259. The molecule has 1 aromatic heterocycles. The highest BCUT2D eigenvalue weighted by molar-refractivity contribution is 9.10. The predicted molar refractivity (Wildman–Crippen MR) is 101 cm³/mol. The minimum atomic E-state index is -0.259. The van der Waals surface area contributed by atoms with Crippen LogP contribution in [0, 0.1) is 5.82 Å². The molecule has 2 aromatic carbocycles. The Bertz CT molecular complexity index is 881. The highest BCUT2D eigenvalue weighted by atomic mass is 79.9. The van der Waals surface area contributed by atoms with E-state index in [1.54, 1.807) is 18.3 Å². The Morgan fingerprint density at radius 3 is 2.80 bits per heavy atom. The van der Waals surface area contributed by atoms with Crippen LogP contribution in [0.2, 0.25) is 0 Å². The van der Waals surface area contributed by atoms with Gasteiger partial charge in [0.25, 0.3) is 5.95 Å². The summed E-state index contributed by atoms with van der Waals surface area (Å²) >= 11 is 4.80. The first-order chi connectivity index (χ1) is 12.1. The summed E-state index contributed by atoms with van der Waals surface area (Å²) in [5.74, 6) is 6.64. The van der Waals surface area contributed by atoms with E-state index in [4.69, 9.17) is 5.84 Å². The molecule has 25 heavy (non-hydrogen) atoms. The van der Waals surface area contributed by atoms with Crippen molar-refractivity contribution < 1.29 is 4.39 Å². The van der Waals surface area contributed by atoms with Crippen molar-refractivity contribution in [3.8, 4) is 0 Å². The molecule has 6 nitrogen and oxygen atoms in total. The second-order valence-corrected chi connectivity index (χ2v) is 6.87. The molecule has 0 aliphatic carbocycles. The van der Waals surface area contributed by atoms with Crippen LogP contribution in [0.5, 0.6) is 0 Å². The number of halogens is 2. The molecule has 0 saturated heterocycles. The van der Waals surface area contributed by atoms with Gasteiger partial charge in [-0.25, -0.2) is 14.5 Å². The van der Waals surface area contributed by atoms with Gasteiger partial charge in [-0.3, -0.25) is 0 Å². The molecule has 1 heterocycles. The SMILES string of the molecule is Nn1c(N/N=C/c2cccc(Br)c2)nnc1SCc1ccc(F)cc1. The van der Waals surface area contributed by atoms with Crippen LogP contribution in [0.4, 0.5) is 10.3 Å². The number of benzene rings is 2. The van der Waals surface area contributed by atoms with Crippen LogP contribution in [0.3, 0.4) is 0 Å². The third-order valence-electron chi connectivity index (χ3n) is 3.17. The van der Waals surface area contributed by atoms with Gasteiger partial charge in [0.15, 0.2) is 0 Å². The fourth-order valence-corrected chi connectivity index (χ4v) is 3.16. The maximum Gasteiger partial charge on any atom is 0.264 e. The number of nitrogens with two attached hydrogens (primary N) is 1. The van der Waals surface area contributed by atoms with Gasteiger partial charge in [-0.15, -0.1) is 10.2 Å². The molecule has 3 aromatic rings.